The third kappa shape index (κ3) is 4.72. The van der Waals surface area contributed by atoms with Gasteiger partial charge in [-0.05, 0) is 38.3 Å². The molecule has 1 aromatic carbocycles. The van der Waals surface area contributed by atoms with Crippen LogP contribution in [-0.4, -0.2) is 35.4 Å². The molecule has 0 saturated carbocycles. The van der Waals surface area contributed by atoms with Crippen molar-refractivity contribution < 1.29 is 9.72 Å². The van der Waals surface area contributed by atoms with E-state index in [1.54, 1.807) is 17.0 Å². The van der Waals surface area contributed by atoms with Gasteiger partial charge in [0, 0.05) is 31.3 Å². The lowest BCUT2D eigenvalue weighted by molar-refractivity contribution is -0.384. The highest BCUT2D eigenvalue weighted by Crippen LogP contribution is 2.26. The van der Waals surface area contributed by atoms with Crippen LogP contribution in [0.25, 0.3) is 0 Å². The van der Waals surface area contributed by atoms with E-state index in [-0.39, 0.29) is 11.6 Å². The molecule has 122 valence electrons. The van der Waals surface area contributed by atoms with Gasteiger partial charge in [0.15, 0.2) is 0 Å². The molecule has 6 nitrogen and oxygen atoms in total. The summed E-state index contributed by atoms with van der Waals surface area (Å²) in [6.45, 7) is 9.80. The molecule has 1 N–H and O–H groups in total. The lowest BCUT2D eigenvalue weighted by Gasteiger charge is -2.18. The molecule has 1 aromatic rings. The minimum Gasteiger partial charge on any atom is -0.379 e. The van der Waals surface area contributed by atoms with Crippen LogP contribution in [0.1, 0.15) is 44.5 Å². The number of carbonyl (C=O) groups excluding carboxylic acids is 1. The number of carbonyl (C=O) groups is 1. The van der Waals surface area contributed by atoms with Crippen molar-refractivity contribution in [3.05, 3.63) is 33.9 Å². The van der Waals surface area contributed by atoms with Gasteiger partial charge >= 0.3 is 0 Å². The molecular weight excluding hydrogens is 282 g/mol. The first-order valence-corrected chi connectivity index (χ1v) is 7.72. The van der Waals surface area contributed by atoms with Crippen molar-refractivity contribution in [3.63, 3.8) is 0 Å². The first-order chi connectivity index (χ1) is 10.4. The van der Waals surface area contributed by atoms with Crippen molar-refractivity contribution in [2.75, 3.05) is 25.0 Å². The van der Waals surface area contributed by atoms with Gasteiger partial charge in [-0.15, -0.1) is 0 Å². The lowest BCUT2D eigenvalue weighted by atomic mass is 10.1. The van der Waals surface area contributed by atoms with Gasteiger partial charge in [-0.3, -0.25) is 14.9 Å². The zero-order chi connectivity index (χ0) is 16.7. The predicted molar refractivity (Wildman–Crippen MR) is 88.3 cm³/mol. The Morgan fingerprint density at radius 3 is 2.45 bits per heavy atom. The molecule has 1 rings (SSSR count). The Hall–Kier alpha value is -2.11. The summed E-state index contributed by atoms with van der Waals surface area (Å²) in [5.41, 5.74) is 0.758. The quantitative estimate of drug-likeness (QED) is 0.589. The second-order valence-electron chi connectivity index (χ2n) is 5.58. The van der Waals surface area contributed by atoms with E-state index in [4.69, 9.17) is 0 Å². The molecule has 0 aliphatic rings. The third-order valence-corrected chi connectivity index (χ3v) is 3.53. The fraction of sp³-hybridized carbons (Fsp3) is 0.562. The molecule has 1 amide bonds. The van der Waals surface area contributed by atoms with Gasteiger partial charge in [-0.2, -0.15) is 0 Å². The number of nitro groups is 1. The lowest BCUT2D eigenvalue weighted by Crippen LogP contribution is -2.30. The summed E-state index contributed by atoms with van der Waals surface area (Å²) >= 11 is 0. The van der Waals surface area contributed by atoms with Crippen molar-refractivity contribution in [3.8, 4) is 0 Å². The zero-order valence-electron chi connectivity index (χ0n) is 13.8. The second-order valence-corrected chi connectivity index (χ2v) is 5.58. The zero-order valence-corrected chi connectivity index (χ0v) is 13.8. The van der Waals surface area contributed by atoms with Crippen molar-refractivity contribution in [2.24, 2.45) is 5.92 Å². The van der Waals surface area contributed by atoms with Gasteiger partial charge in [-0.1, -0.05) is 13.8 Å². The highest BCUT2D eigenvalue weighted by atomic mass is 16.6. The number of nitrogens with one attached hydrogen (secondary N) is 1. The predicted octanol–water partition coefficient (Wildman–Crippen LogP) is 3.53. The summed E-state index contributed by atoms with van der Waals surface area (Å²) in [7, 11) is 0. The fourth-order valence-corrected chi connectivity index (χ4v) is 2.15. The Kier molecular flexibility index (Phi) is 6.82. The van der Waals surface area contributed by atoms with E-state index in [0.29, 0.717) is 36.8 Å². The van der Waals surface area contributed by atoms with Crippen LogP contribution in [0.5, 0.6) is 0 Å². The second kappa shape index (κ2) is 8.36. The first-order valence-electron chi connectivity index (χ1n) is 7.72. The highest BCUT2D eigenvalue weighted by Gasteiger charge is 2.19. The van der Waals surface area contributed by atoms with Gasteiger partial charge in [0.25, 0.3) is 11.6 Å². The van der Waals surface area contributed by atoms with Crippen LogP contribution in [0.4, 0.5) is 11.4 Å². The summed E-state index contributed by atoms with van der Waals surface area (Å²) in [6.07, 6.45) is 0.928. The Labute approximate surface area is 131 Å². The topological polar surface area (TPSA) is 75.5 Å². The summed E-state index contributed by atoms with van der Waals surface area (Å²) in [4.78, 5) is 24.7. The molecule has 0 spiro atoms. The van der Waals surface area contributed by atoms with Crippen molar-refractivity contribution in [1.82, 2.24) is 4.90 Å². The Bertz CT molecular complexity index is 525. The SMILES string of the molecule is CCN(CC)C(=O)c1ccc(NCCC(C)C)c([N+](=O)[O-])c1. The van der Waals surface area contributed by atoms with E-state index in [0.717, 1.165) is 6.42 Å². The van der Waals surface area contributed by atoms with E-state index in [9.17, 15) is 14.9 Å². The molecule has 0 aromatic heterocycles. The maximum absolute atomic E-state index is 12.3. The number of hydrogen-bond acceptors (Lipinski definition) is 4. The Balaban J connectivity index is 2.99. The molecule has 0 aliphatic heterocycles. The summed E-state index contributed by atoms with van der Waals surface area (Å²) in [5, 5.41) is 14.3. The molecule has 0 heterocycles. The Morgan fingerprint density at radius 1 is 1.32 bits per heavy atom. The number of anilines is 1. The molecule has 0 bridgehead atoms. The molecule has 0 unspecified atom stereocenters. The van der Waals surface area contributed by atoms with Gasteiger partial charge in [-0.25, -0.2) is 0 Å². The number of benzene rings is 1. The van der Waals surface area contributed by atoms with Crippen LogP contribution in [0.3, 0.4) is 0 Å². The van der Waals surface area contributed by atoms with Gasteiger partial charge in [0.1, 0.15) is 5.69 Å². The monoisotopic (exact) mass is 307 g/mol. The number of nitrogens with zero attached hydrogens (tertiary/aromatic N) is 2. The third-order valence-electron chi connectivity index (χ3n) is 3.53. The van der Waals surface area contributed by atoms with Crippen LogP contribution < -0.4 is 5.32 Å². The molecule has 0 atom stereocenters. The highest BCUT2D eigenvalue weighted by molar-refractivity contribution is 5.95. The molecular formula is C16H25N3O3. The summed E-state index contributed by atoms with van der Waals surface area (Å²) in [6, 6.07) is 4.62. The minimum absolute atomic E-state index is 0.0539. The van der Waals surface area contributed by atoms with Gasteiger partial charge in [0.2, 0.25) is 0 Å². The molecule has 0 saturated heterocycles. The molecule has 6 heteroatoms. The number of hydrogen-bond donors (Lipinski definition) is 1. The van der Waals surface area contributed by atoms with Crippen LogP contribution >= 0.6 is 0 Å². The van der Waals surface area contributed by atoms with E-state index >= 15 is 0 Å². The first kappa shape index (κ1) is 17.9. The number of rotatable bonds is 8. The van der Waals surface area contributed by atoms with E-state index in [1.165, 1.54) is 6.07 Å². The average molecular weight is 307 g/mol. The smallest absolute Gasteiger partial charge is 0.293 e. The summed E-state index contributed by atoms with van der Waals surface area (Å²) in [5.74, 6) is 0.344. The number of nitro benzene ring substituents is 1. The largest absolute Gasteiger partial charge is 0.379 e. The van der Waals surface area contributed by atoms with Crippen LogP contribution in [0, 0.1) is 16.0 Å². The minimum atomic E-state index is -0.448. The standard InChI is InChI=1S/C16H25N3O3/c1-5-18(6-2)16(20)13-7-8-14(15(11-13)19(21)22)17-10-9-12(3)4/h7-8,11-12,17H,5-6,9-10H2,1-4H3. The fourth-order valence-electron chi connectivity index (χ4n) is 2.15. The van der Waals surface area contributed by atoms with Crippen molar-refractivity contribution in [2.45, 2.75) is 34.1 Å². The molecule has 22 heavy (non-hydrogen) atoms. The van der Waals surface area contributed by atoms with Gasteiger partial charge in [0.05, 0.1) is 4.92 Å². The Morgan fingerprint density at radius 2 is 1.95 bits per heavy atom. The average Bonchev–Trinajstić information content (AvgIpc) is 2.48. The molecule has 0 radical (unpaired) electrons. The molecule has 0 fully saturated rings. The molecule has 0 aliphatic carbocycles. The normalized spacial score (nSPS) is 10.6. The van der Waals surface area contributed by atoms with Crippen LogP contribution in [0.2, 0.25) is 0 Å². The van der Waals surface area contributed by atoms with Gasteiger partial charge < -0.3 is 10.2 Å². The van der Waals surface area contributed by atoms with Crippen molar-refractivity contribution in [1.29, 1.82) is 0 Å². The van der Waals surface area contributed by atoms with Crippen molar-refractivity contribution >= 4 is 17.3 Å². The van der Waals surface area contributed by atoms with E-state index < -0.39 is 4.92 Å². The maximum Gasteiger partial charge on any atom is 0.293 e. The summed E-state index contributed by atoms with van der Waals surface area (Å²) < 4.78 is 0. The number of amides is 1. The van der Waals surface area contributed by atoms with E-state index in [2.05, 4.69) is 19.2 Å². The van der Waals surface area contributed by atoms with Crippen LogP contribution in [-0.2, 0) is 0 Å². The maximum atomic E-state index is 12.3. The van der Waals surface area contributed by atoms with E-state index in [1.807, 2.05) is 13.8 Å². The van der Waals surface area contributed by atoms with Crippen LogP contribution in [0.15, 0.2) is 18.2 Å².